The van der Waals surface area contributed by atoms with Crippen molar-refractivity contribution in [1.82, 2.24) is 0 Å². The van der Waals surface area contributed by atoms with Gasteiger partial charge >= 0.3 is 0 Å². The van der Waals surface area contributed by atoms with Crippen molar-refractivity contribution in [2.75, 3.05) is 19.1 Å². The highest BCUT2D eigenvalue weighted by Gasteiger charge is 2.53. The fourth-order valence-electron chi connectivity index (χ4n) is 4.11. The Hall–Kier alpha value is -3.64. The number of Topliss-reactive ketones (excluding diaryl/α,β-unsaturated/α-hetero) is 2. The van der Waals surface area contributed by atoms with Gasteiger partial charge in [0.05, 0.1) is 20.3 Å². The van der Waals surface area contributed by atoms with Gasteiger partial charge in [-0.2, -0.15) is 0 Å². The topological polar surface area (TPSA) is 72.9 Å². The molecule has 2 atom stereocenters. The zero-order chi connectivity index (χ0) is 23.7. The van der Waals surface area contributed by atoms with Gasteiger partial charge in [0.15, 0.2) is 5.78 Å². The molecule has 3 aromatic rings. The predicted molar refractivity (Wildman–Crippen MR) is 125 cm³/mol. The highest BCUT2D eigenvalue weighted by molar-refractivity contribution is 6.49. The molecule has 0 saturated carbocycles. The van der Waals surface area contributed by atoms with E-state index in [1.54, 1.807) is 66.7 Å². The third kappa shape index (κ3) is 3.98. The zero-order valence-corrected chi connectivity index (χ0v) is 19.1. The third-order valence-corrected chi connectivity index (χ3v) is 6.24. The molecule has 1 fully saturated rings. The highest BCUT2D eigenvalue weighted by atomic mass is 35.5. The molecule has 1 aliphatic rings. The van der Waals surface area contributed by atoms with E-state index in [0.717, 1.165) is 5.56 Å². The van der Waals surface area contributed by atoms with Crippen LogP contribution in [0, 0.1) is 12.8 Å². The average Bonchev–Trinajstić information content (AvgIpc) is 3.10. The summed E-state index contributed by atoms with van der Waals surface area (Å²) in [6, 6.07) is 17.7. The molecule has 168 valence electrons. The first kappa shape index (κ1) is 22.6. The molecule has 0 radical (unpaired) electrons. The Kier molecular flexibility index (Phi) is 6.20. The maximum atomic E-state index is 13.5. The Morgan fingerprint density at radius 3 is 2.30 bits per heavy atom. The van der Waals surface area contributed by atoms with Crippen LogP contribution in [0.2, 0.25) is 5.02 Å². The second-order valence-corrected chi connectivity index (χ2v) is 8.14. The lowest BCUT2D eigenvalue weighted by molar-refractivity contribution is -0.135. The molecule has 33 heavy (non-hydrogen) atoms. The quantitative estimate of drug-likeness (QED) is 0.297. The van der Waals surface area contributed by atoms with E-state index in [0.29, 0.717) is 33.3 Å². The van der Waals surface area contributed by atoms with Crippen molar-refractivity contribution in [3.8, 4) is 11.5 Å². The summed E-state index contributed by atoms with van der Waals surface area (Å²) in [4.78, 5) is 41.4. The number of rotatable bonds is 6. The number of carbonyl (C=O) groups is 3. The lowest BCUT2D eigenvalue weighted by Crippen LogP contribution is -2.31. The number of ketones is 2. The van der Waals surface area contributed by atoms with Crippen LogP contribution in [-0.4, -0.2) is 31.7 Å². The number of amides is 1. The number of carbonyl (C=O) groups excluding carboxylic acids is 3. The van der Waals surface area contributed by atoms with Crippen LogP contribution in [0.15, 0.2) is 66.7 Å². The van der Waals surface area contributed by atoms with E-state index in [-0.39, 0.29) is 0 Å². The second-order valence-electron chi connectivity index (χ2n) is 7.73. The number of anilines is 1. The van der Waals surface area contributed by atoms with Gasteiger partial charge in [-0.25, -0.2) is 0 Å². The fourth-order valence-corrected chi connectivity index (χ4v) is 4.29. The number of hydrogen-bond acceptors (Lipinski definition) is 5. The second kappa shape index (κ2) is 9.08. The van der Waals surface area contributed by atoms with Crippen LogP contribution in [-0.2, 0) is 9.59 Å². The van der Waals surface area contributed by atoms with Crippen LogP contribution in [0.5, 0.6) is 11.5 Å². The number of methoxy groups -OCH3 is 2. The summed E-state index contributed by atoms with van der Waals surface area (Å²) >= 11 is 6.34. The van der Waals surface area contributed by atoms with Crippen LogP contribution in [0.1, 0.15) is 27.5 Å². The minimum absolute atomic E-state index is 0.347. The normalized spacial score (nSPS) is 17.9. The Bertz CT molecular complexity index is 1240. The van der Waals surface area contributed by atoms with E-state index < -0.39 is 29.4 Å². The molecule has 1 amide bonds. The molecule has 0 N–H and O–H groups in total. The lowest BCUT2D eigenvalue weighted by atomic mass is 9.85. The molecule has 0 bridgehead atoms. The van der Waals surface area contributed by atoms with E-state index in [9.17, 15) is 14.4 Å². The Morgan fingerprint density at radius 2 is 1.67 bits per heavy atom. The first-order valence-corrected chi connectivity index (χ1v) is 10.7. The number of nitrogens with zero attached hydrogens (tertiary/aromatic N) is 1. The van der Waals surface area contributed by atoms with Crippen molar-refractivity contribution in [3.05, 3.63) is 88.4 Å². The average molecular weight is 464 g/mol. The Labute approximate surface area is 196 Å². The minimum Gasteiger partial charge on any atom is -0.497 e. The van der Waals surface area contributed by atoms with Crippen LogP contribution in [0.25, 0.3) is 0 Å². The lowest BCUT2D eigenvalue weighted by Gasteiger charge is -2.29. The van der Waals surface area contributed by atoms with E-state index in [4.69, 9.17) is 21.1 Å². The maximum Gasteiger partial charge on any atom is 0.295 e. The SMILES string of the molecule is COc1ccc(OC)c(C2C(C(=O)c3ccccc3)C(=O)C(=O)N2c2ccc(C)c(Cl)c2)c1. The van der Waals surface area contributed by atoms with Crippen LogP contribution in [0.4, 0.5) is 5.69 Å². The summed E-state index contributed by atoms with van der Waals surface area (Å²) in [6.07, 6.45) is 0. The molecule has 0 aliphatic carbocycles. The number of halogens is 1. The summed E-state index contributed by atoms with van der Waals surface area (Å²) < 4.78 is 10.9. The molecule has 2 unspecified atom stereocenters. The summed E-state index contributed by atoms with van der Waals surface area (Å²) in [5.41, 5.74) is 2.08. The minimum atomic E-state index is -1.26. The molecular weight excluding hydrogens is 442 g/mol. The zero-order valence-electron chi connectivity index (χ0n) is 18.4. The van der Waals surface area contributed by atoms with Gasteiger partial charge in [0.25, 0.3) is 5.91 Å². The molecule has 0 aromatic heterocycles. The van der Waals surface area contributed by atoms with Gasteiger partial charge in [0.2, 0.25) is 5.78 Å². The molecule has 4 rings (SSSR count). The van der Waals surface area contributed by atoms with Gasteiger partial charge in [-0.05, 0) is 42.8 Å². The first-order valence-electron chi connectivity index (χ1n) is 10.3. The summed E-state index contributed by atoms with van der Waals surface area (Å²) in [7, 11) is 3.01. The van der Waals surface area contributed by atoms with Crippen molar-refractivity contribution in [1.29, 1.82) is 0 Å². The van der Waals surface area contributed by atoms with E-state index in [2.05, 4.69) is 0 Å². The third-order valence-electron chi connectivity index (χ3n) is 5.84. The number of hydrogen-bond donors (Lipinski definition) is 0. The summed E-state index contributed by atoms with van der Waals surface area (Å²) in [6.45, 7) is 1.84. The van der Waals surface area contributed by atoms with E-state index in [1.807, 2.05) is 6.92 Å². The first-order chi connectivity index (χ1) is 15.9. The molecular formula is C26H22ClNO5. The molecule has 1 saturated heterocycles. The van der Waals surface area contributed by atoms with Crippen molar-refractivity contribution in [3.63, 3.8) is 0 Å². The maximum absolute atomic E-state index is 13.5. The Morgan fingerprint density at radius 1 is 0.939 bits per heavy atom. The van der Waals surface area contributed by atoms with Gasteiger partial charge in [-0.1, -0.05) is 48.0 Å². The van der Waals surface area contributed by atoms with Gasteiger partial charge in [0.1, 0.15) is 17.4 Å². The summed E-state index contributed by atoms with van der Waals surface area (Å²) in [5, 5.41) is 0.446. The number of ether oxygens (including phenoxy) is 2. The largest absolute Gasteiger partial charge is 0.497 e. The van der Waals surface area contributed by atoms with Crippen LogP contribution >= 0.6 is 11.6 Å². The van der Waals surface area contributed by atoms with Gasteiger partial charge in [0, 0.05) is 21.8 Å². The van der Waals surface area contributed by atoms with Gasteiger partial charge in [-0.3, -0.25) is 19.3 Å². The van der Waals surface area contributed by atoms with E-state index in [1.165, 1.54) is 19.1 Å². The molecule has 7 heteroatoms. The van der Waals surface area contributed by atoms with Crippen molar-refractivity contribution >= 4 is 34.8 Å². The van der Waals surface area contributed by atoms with Gasteiger partial charge in [-0.15, -0.1) is 0 Å². The smallest absolute Gasteiger partial charge is 0.295 e. The number of aryl methyl sites for hydroxylation is 1. The molecule has 1 aliphatic heterocycles. The monoisotopic (exact) mass is 463 g/mol. The van der Waals surface area contributed by atoms with E-state index >= 15 is 0 Å². The van der Waals surface area contributed by atoms with Crippen LogP contribution < -0.4 is 14.4 Å². The van der Waals surface area contributed by atoms with Gasteiger partial charge < -0.3 is 9.47 Å². The summed E-state index contributed by atoms with van der Waals surface area (Å²) in [5.74, 6) is -2.33. The highest BCUT2D eigenvalue weighted by Crippen LogP contribution is 2.45. The van der Waals surface area contributed by atoms with Crippen molar-refractivity contribution in [2.24, 2.45) is 5.92 Å². The molecule has 6 nitrogen and oxygen atoms in total. The van der Waals surface area contributed by atoms with Crippen LogP contribution in [0.3, 0.4) is 0 Å². The van der Waals surface area contributed by atoms with Crippen molar-refractivity contribution in [2.45, 2.75) is 13.0 Å². The standard InChI is InChI=1S/C26H22ClNO5/c1-15-9-10-17(13-20(15)27)28-23(19-14-18(32-2)11-12-21(19)33-3)22(25(30)26(28)31)24(29)16-7-5-4-6-8-16/h4-14,22-23H,1-3H3. The number of benzene rings is 3. The molecule has 0 spiro atoms. The predicted octanol–water partition coefficient (Wildman–Crippen LogP) is 4.82. The van der Waals surface area contributed by atoms with Crippen molar-refractivity contribution < 1.29 is 23.9 Å². The Balaban J connectivity index is 1.95. The molecule has 3 aromatic carbocycles. The molecule has 1 heterocycles. The fraction of sp³-hybridized carbons (Fsp3) is 0.192.